The molecule has 2 aliphatic rings. The number of amides is 1. The Labute approximate surface area is 188 Å². The van der Waals surface area contributed by atoms with Gasteiger partial charge in [0, 0.05) is 55.7 Å². The quantitative estimate of drug-likeness (QED) is 0.655. The Bertz CT molecular complexity index is 1270. The summed E-state index contributed by atoms with van der Waals surface area (Å²) in [4.78, 5) is 13.7. The highest BCUT2D eigenvalue weighted by molar-refractivity contribution is 5.75. The van der Waals surface area contributed by atoms with Crippen LogP contribution in [0.2, 0.25) is 0 Å². The molecule has 33 heavy (non-hydrogen) atoms. The van der Waals surface area contributed by atoms with E-state index in [-0.39, 0.29) is 30.2 Å². The molecule has 1 aromatic heterocycles. The Morgan fingerprint density at radius 2 is 1.94 bits per heavy atom. The fraction of sp³-hybridized carbons (Fsp3) is 0.333. The number of aromatic nitrogens is 2. The van der Waals surface area contributed by atoms with Crippen molar-refractivity contribution < 1.29 is 27.8 Å². The van der Waals surface area contributed by atoms with Crippen molar-refractivity contribution in [3.8, 4) is 17.0 Å². The number of methoxy groups -OCH3 is 1. The van der Waals surface area contributed by atoms with Crippen molar-refractivity contribution in [2.75, 3.05) is 13.7 Å². The molecule has 2 heterocycles. The molecule has 0 radical (unpaired) electrons. The summed E-state index contributed by atoms with van der Waals surface area (Å²) >= 11 is 0. The third-order valence-electron chi connectivity index (χ3n) is 6.51. The van der Waals surface area contributed by atoms with Gasteiger partial charge in [-0.25, -0.2) is 13.2 Å². The Morgan fingerprint density at radius 3 is 2.67 bits per heavy atom. The lowest BCUT2D eigenvalue weighted by Gasteiger charge is -2.28. The van der Waals surface area contributed by atoms with E-state index in [1.807, 2.05) is 0 Å². The molecule has 0 spiro atoms. The molecule has 0 bridgehead atoms. The van der Waals surface area contributed by atoms with E-state index < -0.39 is 29.6 Å². The Morgan fingerprint density at radius 1 is 1.15 bits per heavy atom. The summed E-state index contributed by atoms with van der Waals surface area (Å²) in [6.07, 6.45) is -0.502. The average molecular weight is 457 g/mol. The topological polar surface area (TPSA) is 67.6 Å². The molecule has 1 unspecified atom stereocenters. The first-order valence-electron chi connectivity index (χ1n) is 10.6. The fourth-order valence-electron chi connectivity index (χ4n) is 4.91. The minimum absolute atomic E-state index is 0.0417. The summed E-state index contributed by atoms with van der Waals surface area (Å²) in [7, 11) is 1.36. The maximum Gasteiger partial charge on any atom is 0.219 e. The van der Waals surface area contributed by atoms with E-state index in [0.717, 1.165) is 17.3 Å². The van der Waals surface area contributed by atoms with E-state index in [4.69, 9.17) is 9.84 Å². The molecule has 2 aromatic carbocycles. The second kappa shape index (κ2) is 7.91. The van der Waals surface area contributed by atoms with E-state index in [0.29, 0.717) is 29.8 Å². The number of benzene rings is 2. The number of hydrogen-bond donors (Lipinski definition) is 1. The van der Waals surface area contributed by atoms with Crippen LogP contribution in [0.25, 0.3) is 11.3 Å². The fourth-order valence-corrected chi connectivity index (χ4v) is 4.91. The Hall–Kier alpha value is -3.33. The Balaban J connectivity index is 1.70. The number of aliphatic hydroxyl groups excluding tert-OH is 1. The Kier molecular flexibility index (Phi) is 5.16. The largest absolute Gasteiger partial charge is 0.494 e. The van der Waals surface area contributed by atoms with Crippen molar-refractivity contribution >= 4 is 5.91 Å². The van der Waals surface area contributed by atoms with Crippen LogP contribution >= 0.6 is 0 Å². The standard InChI is InChI=1S/C24H22F3N3O3/c1-12(31)29-6-5-20-17(11-29)23(13-3-4-18(26)22(7-13)33-2)28-30(20)24-16-8-14(25)9-19(27)15(16)10-21(24)32/h3-4,7-9,21,24,32H,5-6,10-11H2,1-2H3/t21-,24?/m1/s1. The highest BCUT2D eigenvalue weighted by Crippen LogP contribution is 2.41. The van der Waals surface area contributed by atoms with Crippen molar-refractivity contribution in [1.29, 1.82) is 0 Å². The number of halogens is 3. The number of fused-ring (bicyclic) bond motifs is 2. The van der Waals surface area contributed by atoms with E-state index >= 15 is 0 Å². The zero-order chi connectivity index (χ0) is 23.4. The third-order valence-corrected chi connectivity index (χ3v) is 6.51. The maximum atomic E-state index is 14.4. The average Bonchev–Trinajstić information content (AvgIpc) is 3.31. The molecule has 2 atom stereocenters. The van der Waals surface area contributed by atoms with Gasteiger partial charge in [0.2, 0.25) is 5.91 Å². The van der Waals surface area contributed by atoms with Crippen molar-refractivity contribution in [2.45, 2.75) is 38.5 Å². The van der Waals surface area contributed by atoms with Gasteiger partial charge >= 0.3 is 0 Å². The lowest BCUT2D eigenvalue weighted by Crippen LogP contribution is -2.35. The highest BCUT2D eigenvalue weighted by atomic mass is 19.1. The first-order valence-corrected chi connectivity index (χ1v) is 10.6. The molecule has 1 amide bonds. The van der Waals surface area contributed by atoms with Gasteiger partial charge in [-0.05, 0) is 35.4 Å². The molecule has 0 saturated heterocycles. The predicted molar refractivity (Wildman–Crippen MR) is 113 cm³/mol. The van der Waals surface area contributed by atoms with Crippen molar-refractivity contribution in [2.24, 2.45) is 0 Å². The van der Waals surface area contributed by atoms with Crippen molar-refractivity contribution in [1.82, 2.24) is 14.7 Å². The van der Waals surface area contributed by atoms with Crippen LogP contribution < -0.4 is 4.74 Å². The molecule has 5 rings (SSSR count). The van der Waals surface area contributed by atoms with Gasteiger partial charge in [0.1, 0.15) is 17.7 Å². The summed E-state index contributed by atoms with van der Waals surface area (Å²) < 4.78 is 49.2. The van der Waals surface area contributed by atoms with Crippen LogP contribution in [0.3, 0.4) is 0 Å². The summed E-state index contributed by atoms with van der Waals surface area (Å²) in [6.45, 7) is 2.22. The van der Waals surface area contributed by atoms with Gasteiger partial charge in [-0.15, -0.1) is 0 Å². The first kappa shape index (κ1) is 21.5. The van der Waals surface area contributed by atoms with Gasteiger partial charge in [-0.1, -0.05) is 0 Å². The van der Waals surface area contributed by atoms with Gasteiger partial charge in [0.05, 0.1) is 18.9 Å². The molecule has 0 fully saturated rings. The van der Waals surface area contributed by atoms with E-state index in [1.54, 1.807) is 15.6 Å². The molecule has 3 aromatic rings. The van der Waals surface area contributed by atoms with Gasteiger partial charge in [0.25, 0.3) is 0 Å². The van der Waals surface area contributed by atoms with Crippen LogP contribution in [0.1, 0.15) is 35.3 Å². The van der Waals surface area contributed by atoms with Crippen molar-refractivity contribution in [3.63, 3.8) is 0 Å². The molecule has 0 saturated carbocycles. The summed E-state index contributed by atoms with van der Waals surface area (Å²) in [5, 5.41) is 15.6. The van der Waals surface area contributed by atoms with Gasteiger partial charge < -0.3 is 14.7 Å². The van der Waals surface area contributed by atoms with E-state index in [1.165, 1.54) is 32.2 Å². The molecule has 1 aliphatic heterocycles. The SMILES string of the molecule is COc1cc(-c2nn(C3c4cc(F)cc(F)c4C[C@H]3O)c3c2CN(C(C)=O)CC3)ccc1F. The number of carbonyl (C=O) groups excluding carboxylic acids is 1. The summed E-state index contributed by atoms with van der Waals surface area (Å²) in [5.74, 6) is -1.99. The lowest BCUT2D eigenvalue weighted by atomic mass is 9.99. The predicted octanol–water partition coefficient (Wildman–Crippen LogP) is 3.39. The van der Waals surface area contributed by atoms with Crippen LogP contribution in [0.5, 0.6) is 5.75 Å². The summed E-state index contributed by atoms with van der Waals surface area (Å²) in [6, 6.07) is 5.63. The lowest BCUT2D eigenvalue weighted by molar-refractivity contribution is -0.129. The first-order chi connectivity index (χ1) is 15.8. The second-order valence-electron chi connectivity index (χ2n) is 8.43. The monoisotopic (exact) mass is 457 g/mol. The smallest absolute Gasteiger partial charge is 0.219 e. The molecular formula is C24H22F3N3O3. The number of nitrogens with zero attached hydrogens (tertiary/aromatic N) is 3. The number of hydrogen-bond acceptors (Lipinski definition) is 4. The normalized spacial score (nSPS) is 19.4. The van der Waals surface area contributed by atoms with Crippen LogP contribution in [0.4, 0.5) is 13.2 Å². The minimum atomic E-state index is -0.998. The molecule has 1 aliphatic carbocycles. The van der Waals surface area contributed by atoms with Gasteiger partial charge in [-0.2, -0.15) is 5.10 Å². The molecular weight excluding hydrogens is 435 g/mol. The zero-order valence-electron chi connectivity index (χ0n) is 18.1. The van der Waals surface area contributed by atoms with E-state index in [2.05, 4.69) is 0 Å². The number of rotatable bonds is 3. The van der Waals surface area contributed by atoms with Gasteiger partial charge in [-0.3, -0.25) is 9.48 Å². The summed E-state index contributed by atoms with van der Waals surface area (Å²) in [5.41, 5.74) is 3.22. The van der Waals surface area contributed by atoms with Crippen LogP contribution in [-0.4, -0.2) is 45.5 Å². The van der Waals surface area contributed by atoms with Crippen LogP contribution in [0, 0.1) is 17.5 Å². The number of carbonyl (C=O) groups is 1. The maximum absolute atomic E-state index is 14.4. The number of ether oxygens (including phenoxy) is 1. The molecule has 172 valence electrons. The molecule has 6 nitrogen and oxygen atoms in total. The third kappa shape index (κ3) is 3.47. The number of aliphatic hydroxyl groups is 1. The molecule has 1 N–H and O–H groups in total. The van der Waals surface area contributed by atoms with Crippen LogP contribution in [0.15, 0.2) is 30.3 Å². The highest BCUT2D eigenvalue weighted by Gasteiger charge is 2.39. The minimum Gasteiger partial charge on any atom is -0.494 e. The molecule has 9 heteroatoms. The van der Waals surface area contributed by atoms with Gasteiger partial charge in [0.15, 0.2) is 11.6 Å². The zero-order valence-corrected chi connectivity index (χ0v) is 18.1. The van der Waals surface area contributed by atoms with Crippen LogP contribution in [-0.2, 0) is 24.2 Å². The van der Waals surface area contributed by atoms with Crippen molar-refractivity contribution in [3.05, 3.63) is 70.2 Å². The second-order valence-corrected chi connectivity index (χ2v) is 8.43. The van der Waals surface area contributed by atoms with E-state index in [9.17, 15) is 23.1 Å².